The maximum Gasteiger partial charge on any atom is 0.237 e. The van der Waals surface area contributed by atoms with Gasteiger partial charge in [0.15, 0.2) is 0 Å². The van der Waals surface area contributed by atoms with E-state index in [1.54, 1.807) is 0 Å². The predicted molar refractivity (Wildman–Crippen MR) is 69.8 cm³/mol. The Bertz CT molecular complexity index is 267. The van der Waals surface area contributed by atoms with Crippen molar-refractivity contribution in [1.29, 1.82) is 0 Å². The van der Waals surface area contributed by atoms with Crippen LogP contribution >= 0.6 is 0 Å². The highest BCUT2D eigenvalue weighted by Gasteiger charge is 2.28. The summed E-state index contributed by atoms with van der Waals surface area (Å²) in [5.41, 5.74) is 0. The van der Waals surface area contributed by atoms with Crippen LogP contribution in [0.1, 0.15) is 52.4 Å². The fraction of sp³-hybridized carbons (Fsp3) is 0.929. The quantitative estimate of drug-likeness (QED) is 0.773. The molecule has 2 fully saturated rings. The molecule has 0 bridgehead atoms. The lowest BCUT2D eigenvalue weighted by Gasteiger charge is -2.34. The van der Waals surface area contributed by atoms with Gasteiger partial charge in [0.2, 0.25) is 5.91 Å². The Morgan fingerprint density at radius 1 is 1.12 bits per heavy atom. The lowest BCUT2D eigenvalue weighted by Crippen LogP contribution is -2.49. The predicted octanol–water partition coefficient (Wildman–Crippen LogP) is 2.07. The summed E-state index contributed by atoms with van der Waals surface area (Å²) in [6.45, 7) is 5.54. The van der Waals surface area contributed by atoms with Gasteiger partial charge in [0.1, 0.15) is 0 Å². The molecule has 4 atom stereocenters. The van der Waals surface area contributed by atoms with Gasteiger partial charge in [0.05, 0.1) is 6.04 Å². The lowest BCUT2D eigenvalue weighted by molar-refractivity contribution is -0.123. The highest BCUT2D eigenvalue weighted by atomic mass is 16.2. The Kier molecular flexibility index (Phi) is 4.43. The first kappa shape index (κ1) is 12.9. The van der Waals surface area contributed by atoms with Crippen LogP contribution in [0.4, 0.5) is 0 Å². The third-order valence-electron chi connectivity index (χ3n) is 4.57. The summed E-state index contributed by atoms with van der Waals surface area (Å²) in [5.74, 6) is 1.85. The van der Waals surface area contributed by atoms with Gasteiger partial charge in [-0.25, -0.2) is 0 Å². The molecule has 1 saturated heterocycles. The molecule has 2 aliphatic rings. The normalized spacial score (nSPS) is 39.5. The Morgan fingerprint density at radius 3 is 2.71 bits per heavy atom. The van der Waals surface area contributed by atoms with Crippen molar-refractivity contribution in [2.45, 2.75) is 64.5 Å². The van der Waals surface area contributed by atoms with Gasteiger partial charge in [-0.05, 0) is 50.4 Å². The number of amides is 1. The largest absolute Gasteiger partial charge is 0.355 e. The van der Waals surface area contributed by atoms with Crippen molar-refractivity contribution in [3.05, 3.63) is 0 Å². The molecule has 1 amide bonds. The van der Waals surface area contributed by atoms with Gasteiger partial charge in [-0.3, -0.25) is 4.79 Å². The van der Waals surface area contributed by atoms with Gasteiger partial charge in [-0.15, -0.1) is 0 Å². The van der Waals surface area contributed by atoms with E-state index in [1.165, 1.54) is 19.3 Å². The molecule has 0 spiro atoms. The summed E-state index contributed by atoms with van der Waals surface area (Å²) in [7, 11) is 0. The van der Waals surface area contributed by atoms with E-state index in [4.69, 9.17) is 0 Å². The molecule has 1 aliphatic carbocycles. The molecule has 0 aromatic carbocycles. The summed E-state index contributed by atoms with van der Waals surface area (Å²) in [6.07, 6.45) is 7.05. The molecule has 1 saturated carbocycles. The van der Waals surface area contributed by atoms with Crippen LogP contribution in [0.15, 0.2) is 0 Å². The second-order valence-electron chi connectivity index (χ2n) is 5.97. The van der Waals surface area contributed by atoms with Crippen molar-refractivity contribution >= 4 is 5.91 Å². The molecular weight excluding hydrogens is 212 g/mol. The number of carbonyl (C=O) groups is 1. The molecule has 3 nitrogen and oxygen atoms in total. The average Bonchev–Trinajstić information content (AvgIpc) is 2.50. The van der Waals surface area contributed by atoms with E-state index in [0.717, 1.165) is 37.6 Å². The Hall–Kier alpha value is -0.570. The van der Waals surface area contributed by atoms with Crippen LogP contribution in [0.2, 0.25) is 0 Å². The first-order valence-electron chi connectivity index (χ1n) is 7.20. The minimum atomic E-state index is 0.0584. The van der Waals surface area contributed by atoms with E-state index in [-0.39, 0.29) is 11.9 Å². The number of hydrogen-bond acceptors (Lipinski definition) is 2. The minimum absolute atomic E-state index is 0.0584. The van der Waals surface area contributed by atoms with Crippen LogP contribution in [0.25, 0.3) is 0 Å². The molecule has 1 aliphatic heterocycles. The first-order chi connectivity index (χ1) is 8.16. The summed E-state index contributed by atoms with van der Waals surface area (Å²) in [4.78, 5) is 11.9. The number of hydrogen-bond donors (Lipinski definition) is 2. The molecule has 1 heterocycles. The minimum Gasteiger partial charge on any atom is -0.355 e. The van der Waals surface area contributed by atoms with Crippen molar-refractivity contribution in [3.8, 4) is 0 Å². The van der Waals surface area contributed by atoms with Crippen LogP contribution in [0, 0.1) is 11.8 Å². The van der Waals surface area contributed by atoms with Crippen LogP contribution in [0.3, 0.4) is 0 Å². The highest BCUT2D eigenvalue weighted by Crippen LogP contribution is 2.29. The van der Waals surface area contributed by atoms with Crippen LogP contribution in [-0.2, 0) is 4.79 Å². The van der Waals surface area contributed by atoms with Gasteiger partial charge >= 0.3 is 0 Å². The molecule has 0 aromatic heterocycles. The first-order valence-corrected chi connectivity index (χ1v) is 7.20. The second-order valence-corrected chi connectivity index (χ2v) is 5.97. The molecule has 98 valence electrons. The van der Waals surface area contributed by atoms with E-state index in [0.29, 0.717) is 6.04 Å². The zero-order valence-corrected chi connectivity index (χ0v) is 11.2. The van der Waals surface area contributed by atoms with Gasteiger partial charge < -0.3 is 10.6 Å². The molecular formula is C14H26N2O. The van der Waals surface area contributed by atoms with Crippen LogP contribution in [-0.4, -0.2) is 24.5 Å². The number of carbonyl (C=O) groups excluding carboxylic acids is 1. The van der Waals surface area contributed by atoms with Gasteiger partial charge in [-0.1, -0.05) is 13.8 Å². The Balaban J connectivity index is 1.85. The summed E-state index contributed by atoms with van der Waals surface area (Å²) < 4.78 is 0. The molecule has 3 heteroatoms. The smallest absolute Gasteiger partial charge is 0.237 e. The SMILES string of the molecule is CC1CCC(NC2CCCCNC2=O)CC1C. The lowest BCUT2D eigenvalue weighted by atomic mass is 9.79. The third-order valence-corrected chi connectivity index (χ3v) is 4.57. The number of nitrogens with one attached hydrogen (secondary N) is 2. The van der Waals surface area contributed by atoms with Gasteiger partial charge in [0, 0.05) is 12.6 Å². The maximum absolute atomic E-state index is 11.9. The number of rotatable bonds is 2. The molecule has 4 unspecified atom stereocenters. The van der Waals surface area contributed by atoms with Crippen molar-refractivity contribution in [1.82, 2.24) is 10.6 Å². The fourth-order valence-electron chi connectivity index (χ4n) is 3.08. The van der Waals surface area contributed by atoms with Crippen LogP contribution in [0.5, 0.6) is 0 Å². The van der Waals surface area contributed by atoms with E-state index in [2.05, 4.69) is 24.5 Å². The molecule has 2 N–H and O–H groups in total. The van der Waals surface area contributed by atoms with E-state index < -0.39 is 0 Å². The summed E-state index contributed by atoms with van der Waals surface area (Å²) >= 11 is 0. The van der Waals surface area contributed by atoms with Gasteiger partial charge in [-0.2, -0.15) is 0 Å². The van der Waals surface area contributed by atoms with E-state index in [9.17, 15) is 4.79 Å². The van der Waals surface area contributed by atoms with Crippen molar-refractivity contribution in [3.63, 3.8) is 0 Å². The topological polar surface area (TPSA) is 41.1 Å². The third kappa shape index (κ3) is 3.44. The van der Waals surface area contributed by atoms with Crippen molar-refractivity contribution in [2.24, 2.45) is 11.8 Å². The zero-order valence-electron chi connectivity index (χ0n) is 11.2. The standard InChI is InChI=1S/C14H26N2O/c1-10-6-7-12(9-11(10)2)16-13-5-3-4-8-15-14(13)17/h10-13,16H,3-9H2,1-2H3,(H,15,17). The van der Waals surface area contributed by atoms with E-state index in [1.807, 2.05) is 0 Å². The van der Waals surface area contributed by atoms with Crippen LogP contribution < -0.4 is 10.6 Å². The summed E-state index contributed by atoms with van der Waals surface area (Å²) in [6, 6.07) is 0.609. The fourth-order valence-corrected chi connectivity index (χ4v) is 3.08. The molecule has 2 rings (SSSR count). The van der Waals surface area contributed by atoms with Gasteiger partial charge in [0.25, 0.3) is 0 Å². The van der Waals surface area contributed by atoms with E-state index >= 15 is 0 Å². The Labute approximate surface area is 105 Å². The summed E-state index contributed by atoms with van der Waals surface area (Å²) in [5, 5.41) is 6.59. The van der Waals surface area contributed by atoms with Crippen molar-refractivity contribution < 1.29 is 4.79 Å². The van der Waals surface area contributed by atoms with Crippen molar-refractivity contribution in [2.75, 3.05) is 6.54 Å². The Morgan fingerprint density at radius 2 is 1.94 bits per heavy atom. The molecule has 0 radical (unpaired) electrons. The maximum atomic E-state index is 11.9. The molecule has 17 heavy (non-hydrogen) atoms. The monoisotopic (exact) mass is 238 g/mol. The zero-order chi connectivity index (χ0) is 12.3. The highest BCUT2D eigenvalue weighted by molar-refractivity contribution is 5.81. The average molecular weight is 238 g/mol. The second kappa shape index (κ2) is 5.85. The molecule has 0 aromatic rings.